The molecule has 84 valence electrons. The summed E-state index contributed by atoms with van der Waals surface area (Å²) in [4.78, 5) is 0. The van der Waals surface area contributed by atoms with E-state index in [1.54, 1.807) is 14.2 Å². The molecule has 1 aromatic carbocycles. The zero-order valence-electron chi connectivity index (χ0n) is 9.57. The first-order valence-corrected chi connectivity index (χ1v) is 5.13. The highest BCUT2D eigenvalue weighted by Crippen LogP contribution is 2.17. The summed E-state index contributed by atoms with van der Waals surface area (Å²) in [7, 11) is 3.18. The standard InChI is InChI=1S/C12H19NO2/c1-4-9-5-7-10(8-6-9)11(13)12(14-2)15-3/h5-8,11-12H,4,13H2,1-3H3. The molecule has 0 saturated carbocycles. The molecule has 0 fully saturated rings. The van der Waals surface area contributed by atoms with Gasteiger partial charge in [-0.05, 0) is 17.5 Å². The first kappa shape index (κ1) is 12.2. The minimum atomic E-state index is -0.391. The Hall–Kier alpha value is -0.900. The van der Waals surface area contributed by atoms with Crippen molar-refractivity contribution in [3.63, 3.8) is 0 Å². The van der Waals surface area contributed by atoms with Crippen LogP contribution >= 0.6 is 0 Å². The van der Waals surface area contributed by atoms with Crippen molar-refractivity contribution in [3.05, 3.63) is 35.4 Å². The normalized spacial score (nSPS) is 13.1. The summed E-state index contributed by atoms with van der Waals surface area (Å²) >= 11 is 0. The molecule has 0 saturated heterocycles. The highest BCUT2D eigenvalue weighted by Gasteiger charge is 2.17. The summed E-state index contributed by atoms with van der Waals surface area (Å²) in [5.74, 6) is 0. The van der Waals surface area contributed by atoms with Gasteiger partial charge in [0.05, 0.1) is 6.04 Å². The van der Waals surface area contributed by atoms with Crippen LogP contribution in [0.4, 0.5) is 0 Å². The summed E-state index contributed by atoms with van der Waals surface area (Å²) in [5, 5.41) is 0. The number of benzene rings is 1. The number of hydrogen-bond acceptors (Lipinski definition) is 3. The van der Waals surface area contributed by atoms with Gasteiger partial charge in [-0.1, -0.05) is 31.2 Å². The molecule has 1 aromatic rings. The summed E-state index contributed by atoms with van der Waals surface area (Å²) in [6, 6.07) is 7.96. The molecule has 0 spiro atoms. The lowest BCUT2D eigenvalue weighted by atomic mass is 10.0. The van der Waals surface area contributed by atoms with E-state index in [1.807, 2.05) is 12.1 Å². The molecule has 2 N–H and O–H groups in total. The van der Waals surface area contributed by atoms with Crippen molar-refractivity contribution in [1.29, 1.82) is 0 Å². The smallest absolute Gasteiger partial charge is 0.175 e. The average Bonchev–Trinajstić information content (AvgIpc) is 2.30. The number of aryl methyl sites for hydroxylation is 1. The Balaban J connectivity index is 2.76. The molecular formula is C12H19NO2. The SMILES string of the molecule is CCc1ccc(C(N)C(OC)OC)cc1. The van der Waals surface area contributed by atoms with Gasteiger partial charge in [-0.25, -0.2) is 0 Å². The summed E-state index contributed by atoms with van der Waals surface area (Å²) in [6.07, 6.45) is 0.644. The van der Waals surface area contributed by atoms with Gasteiger partial charge in [0, 0.05) is 14.2 Å². The predicted molar refractivity (Wildman–Crippen MR) is 60.6 cm³/mol. The molecule has 15 heavy (non-hydrogen) atoms. The minimum Gasteiger partial charge on any atom is -0.354 e. The van der Waals surface area contributed by atoms with Crippen LogP contribution in [0.15, 0.2) is 24.3 Å². The Kier molecular flexibility index (Phi) is 4.75. The van der Waals surface area contributed by atoms with E-state index in [4.69, 9.17) is 15.2 Å². The molecule has 3 heteroatoms. The lowest BCUT2D eigenvalue weighted by Gasteiger charge is -2.21. The Bertz CT molecular complexity index is 280. The molecule has 3 nitrogen and oxygen atoms in total. The van der Waals surface area contributed by atoms with E-state index in [2.05, 4.69) is 19.1 Å². The van der Waals surface area contributed by atoms with Gasteiger partial charge < -0.3 is 15.2 Å². The highest BCUT2D eigenvalue weighted by atomic mass is 16.7. The number of hydrogen-bond donors (Lipinski definition) is 1. The fourth-order valence-corrected chi connectivity index (χ4v) is 1.52. The molecule has 0 aromatic heterocycles. The Morgan fingerprint density at radius 1 is 1.13 bits per heavy atom. The number of nitrogens with two attached hydrogens (primary N) is 1. The maximum Gasteiger partial charge on any atom is 0.175 e. The quantitative estimate of drug-likeness (QED) is 0.753. The highest BCUT2D eigenvalue weighted by molar-refractivity contribution is 5.25. The van der Waals surface area contributed by atoms with Gasteiger partial charge in [0.15, 0.2) is 6.29 Å². The van der Waals surface area contributed by atoms with Crippen LogP contribution in [0.1, 0.15) is 24.1 Å². The molecule has 0 aliphatic heterocycles. The van der Waals surface area contributed by atoms with E-state index >= 15 is 0 Å². The van der Waals surface area contributed by atoms with Gasteiger partial charge in [0.25, 0.3) is 0 Å². The second-order valence-electron chi connectivity index (χ2n) is 3.46. The molecule has 0 heterocycles. The van der Waals surface area contributed by atoms with E-state index in [9.17, 15) is 0 Å². The van der Waals surface area contributed by atoms with Crippen molar-refractivity contribution in [2.24, 2.45) is 5.73 Å². The van der Waals surface area contributed by atoms with Gasteiger partial charge in [-0.2, -0.15) is 0 Å². The van der Waals surface area contributed by atoms with Crippen molar-refractivity contribution in [2.75, 3.05) is 14.2 Å². The zero-order valence-corrected chi connectivity index (χ0v) is 9.57. The molecule has 0 bridgehead atoms. The number of methoxy groups -OCH3 is 2. The minimum absolute atomic E-state index is 0.245. The van der Waals surface area contributed by atoms with E-state index in [0.717, 1.165) is 12.0 Å². The van der Waals surface area contributed by atoms with Crippen LogP contribution < -0.4 is 5.73 Å². The molecular weight excluding hydrogens is 190 g/mol. The largest absolute Gasteiger partial charge is 0.354 e. The zero-order chi connectivity index (χ0) is 11.3. The topological polar surface area (TPSA) is 44.5 Å². The van der Waals surface area contributed by atoms with E-state index in [-0.39, 0.29) is 6.04 Å². The maximum absolute atomic E-state index is 6.00. The third-order valence-corrected chi connectivity index (χ3v) is 2.53. The molecule has 0 aliphatic carbocycles. The predicted octanol–water partition coefficient (Wildman–Crippen LogP) is 1.87. The Morgan fingerprint density at radius 3 is 2.07 bits per heavy atom. The first-order valence-electron chi connectivity index (χ1n) is 5.13. The third kappa shape index (κ3) is 3.02. The lowest BCUT2D eigenvalue weighted by molar-refractivity contribution is -0.117. The summed E-state index contributed by atoms with van der Waals surface area (Å²) in [6.45, 7) is 2.13. The van der Waals surface area contributed by atoms with Gasteiger partial charge in [0.2, 0.25) is 0 Å². The van der Waals surface area contributed by atoms with Crippen LogP contribution in [0.2, 0.25) is 0 Å². The lowest BCUT2D eigenvalue weighted by Crippen LogP contribution is -2.29. The second-order valence-corrected chi connectivity index (χ2v) is 3.46. The van der Waals surface area contributed by atoms with Crippen LogP contribution in [0.3, 0.4) is 0 Å². The first-order chi connectivity index (χ1) is 7.22. The van der Waals surface area contributed by atoms with Gasteiger partial charge in [-0.15, -0.1) is 0 Å². The van der Waals surface area contributed by atoms with Crippen LogP contribution in [0.5, 0.6) is 0 Å². The molecule has 1 unspecified atom stereocenters. The van der Waals surface area contributed by atoms with Crippen LogP contribution in [0.25, 0.3) is 0 Å². The second kappa shape index (κ2) is 5.85. The molecule has 0 radical (unpaired) electrons. The Morgan fingerprint density at radius 2 is 1.67 bits per heavy atom. The fraction of sp³-hybridized carbons (Fsp3) is 0.500. The average molecular weight is 209 g/mol. The van der Waals surface area contributed by atoms with Crippen molar-refractivity contribution in [3.8, 4) is 0 Å². The van der Waals surface area contributed by atoms with E-state index in [1.165, 1.54) is 5.56 Å². The third-order valence-electron chi connectivity index (χ3n) is 2.53. The van der Waals surface area contributed by atoms with Crippen LogP contribution in [-0.2, 0) is 15.9 Å². The van der Waals surface area contributed by atoms with Crippen molar-refractivity contribution in [1.82, 2.24) is 0 Å². The summed E-state index contributed by atoms with van der Waals surface area (Å²) < 4.78 is 10.3. The Labute approximate surface area is 91.2 Å². The number of ether oxygens (including phenoxy) is 2. The maximum atomic E-state index is 6.00. The van der Waals surface area contributed by atoms with Crippen molar-refractivity contribution in [2.45, 2.75) is 25.7 Å². The van der Waals surface area contributed by atoms with Crippen molar-refractivity contribution < 1.29 is 9.47 Å². The van der Waals surface area contributed by atoms with Gasteiger partial charge in [-0.3, -0.25) is 0 Å². The van der Waals surface area contributed by atoms with E-state index in [0.29, 0.717) is 0 Å². The number of rotatable bonds is 5. The van der Waals surface area contributed by atoms with Crippen molar-refractivity contribution >= 4 is 0 Å². The van der Waals surface area contributed by atoms with Crippen LogP contribution in [-0.4, -0.2) is 20.5 Å². The fourth-order valence-electron chi connectivity index (χ4n) is 1.52. The monoisotopic (exact) mass is 209 g/mol. The van der Waals surface area contributed by atoms with Crippen LogP contribution in [0, 0.1) is 0 Å². The summed E-state index contributed by atoms with van der Waals surface area (Å²) in [5.41, 5.74) is 8.33. The van der Waals surface area contributed by atoms with E-state index < -0.39 is 6.29 Å². The van der Waals surface area contributed by atoms with Gasteiger partial charge in [0.1, 0.15) is 0 Å². The molecule has 1 rings (SSSR count). The molecule has 0 aliphatic rings. The molecule has 1 atom stereocenters. The van der Waals surface area contributed by atoms with Gasteiger partial charge >= 0.3 is 0 Å². The molecule has 0 amide bonds.